The van der Waals surface area contributed by atoms with Crippen molar-refractivity contribution in [3.8, 4) is 0 Å². The first-order chi connectivity index (χ1) is 10.5. The third-order valence-corrected chi connectivity index (χ3v) is 4.02. The molecular formula is C16H21Cl2FN4O. The summed E-state index contributed by atoms with van der Waals surface area (Å²) in [4.78, 5) is 21.3. The fraction of sp³-hybridized carbons (Fsp3) is 0.438. The van der Waals surface area contributed by atoms with Gasteiger partial charge < -0.3 is 10.6 Å². The van der Waals surface area contributed by atoms with Crippen molar-refractivity contribution in [2.75, 3.05) is 13.1 Å². The molecule has 0 saturated carbocycles. The van der Waals surface area contributed by atoms with Crippen molar-refractivity contribution < 1.29 is 9.18 Å². The predicted octanol–water partition coefficient (Wildman–Crippen LogP) is 2.71. The van der Waals surface area contributed by atoms with E-state index in [9.17, 15) is 9.18 Å². The first-order valence-electron chi connectivity index (χ1n) is 7.50. The van der Waals surface area contributed by atoms with Crippen LogP contribution in [0.3, 0.4) is 0 Å². The van der Waals surface area contributed by atoms with E-state index in [0.717, 1.165) is 37.3 Å². The van der Waals surface area contributed by atoms with Crippen molar-refractivity contribution in [1.29, 1.82) is 0 Å². The SMILES string of the molecule is Cc1nc2cc(F)cc(C(=O)NC3CCCNC3)c2nc1C.Cl.Cl. The van der Waals surface area contributed by atoms with Crippen LogP contribution in [0.25, 0.3) is 11.0 Å². The van der Waals surface area contributed by atoms with E-state index in [0.29, 0.717) is 11.0 Å². The van der Waals surface area contributed by atoms with Gasteiger partial charge in [0.25, 0.3) is 5.91 Å². The van der Waals surface area contributed by atoms with Crippen molar-refractivity contribution in [3.63, 3.8) is 0 Å². The van der Waals surface area contributed by atoms with Crippen LogP contribution in [0.5, 0.6) is 0 Å². The third kappa shape index (κ3) is 4.32. The minimum absolute atomic E-state index is 0. The average Bonchev–Trinajstić information content (AvgIpc) is 2.49. The lowest BCUT2D eigenvalue weighted by Crippen LogP contribution is -2.45. The average molecular weight is 375 g/mol. The molecule has 1 aliphatic heterocycles. The highest BCUT2D eigenvalue weighted by atomic mass is 35.5. The highest BCUT2D eigenvalue weighted by Gasteiger charge is 2.20. The number of carbonyl (C=O) groups is 1. The summed E-state index contributed by atoms with van der Waals surface area (Å²) in [5.41, 5.74) is 2.59. The summed E-state index contributed by atoms with van der Waals surface area (Å²) in [6.07, 6.45) is 1.95. The second-order valence-electron chi connectivity index (χ2n) is 5.73. The molecule has 1 aliphatic rings. The third-order valence-electron chi connectivity index (χ3n) is 4.02. The number of hydrogen-bond donors (Lipinski definition) is 2. The van der Waals surface area contributed by atoms with Gasteiger partial charge in [-0.15, -0.1) is 24.8 Å². The Kier molecular flexibility index (Phi) is 7.32. The molecule has 1 unspecified atom stereocenters. The Morgan fingerprint density at radius 1 is 1.25 bits per heavy atom. The van der Waals surface area contributed by atoms with Gasteiger partial charge in [-0.2, -0.15) is 0 Å². The number of carbonyl (C=O) groups excluding carboxylic acids is 1. The van der Waals surface area contributed by atoms with Crippen LogP contribution in [-0.4, -0.2) is 35.0 Å². The lowest BCUT2D eigenvalue weighted by atomic mass is 10.1. The summed E-state index contributed by atoms with van der Waals surface area (Å²) in [7, 11) is 0. The first-order valence-corrected chi connectivity index (χ1v) is 7.50. The van der Waals surface area contributed by atoms with E-state index < -0.39 is 5.82 Å². The number of aryl methyl sites for hydroxylation is 2. The molecule has 2 N–H and O–H groups in total. The van der Waals surface area contributed by atoms with Crippen LogP contribution in [-0.2, 0) is 0 Å². The predicted molar refractivity (Wildman–Crippen MR) is 96.8 cm³/mol. The number of amides is 1. The second kappa shape index (κ2) is 8.55. The molecule has 132 valence electrons. The molecule has 1 saturated heterocycles. The van der Waals surface area contributed by atoms with Gasteiger partial charge in [-0.05, 0) is 39.3 Å². The largest absolute Gasteiger partial charge is 0.348 e. The maximum atomic E-state index is 13.8. The zero-order valence-electron chi connectivity index (χ0n) is 13.6. The summed E-state index contributed by atoms with van der Waals surface area (Å²) in [5.74, 6) is -0.771. The summed E-state index contributed by atoms with van der Waals surface area (Å²) in [6, 6.07) is 2.62. The minimum Gasteiger partial charge on any atom is -0.348 e. The topological polar surface area (TPSA) is 66.9 Å². The number of nitrogens with one attached hydrogen (secondary N) is 2. The number of aromatic nitrogens is 2. The Bertz CT molecular complexity index is 736. The fourth-order valence-electron chi connectivity index (χ4n) is 2.71. The molecule has 1 aromatic heterocycles. The lowest BCUT2D eigenvalue weighted by Gasteiger charge is -2.24. The molecule has 1 fully saturated rings. The molecule has 8 heteroatoms. The van der Waals surface area contributed by atoms with Gasteiger partial charge in [-0.3, -0.25) is 4.79 Å². The number of rotatable bonds is 2. The molecule has 5 nitrogen and oxygen atoms in total. The van der Waals surface area contributed by atoms with Crippen LogP contribution in [0.1, 0.15) is 34.6 Å². The van der Waals surface area contributed by atoms with Crippen molar-refractivity contribution in [3.05, 3.63) is 34.9 Å². The van der Waals surface area contributed by atoms with Gasteiger partial charge in [-0.25, -0.2) is 14.4 Å². The number of halogens is 3. The van der Waals surface area contributed by atoms with Crippen molar-refractivity contribution in [2.45, 2.75) is 32.7 Å². The number of fused-ring (bicyclic) bond motifs is 1. The summed E-state index contributed by atoms with van der Waals surface area (Å²) >= 11 is 0. The van der Waals surface area contributed by atoms with Crippen LogP contribution in [0.4, 0.5) is 4.39 Å². The van der Waals surface area contributed by atoms with Crippen LogP contribution < -0.4 is 10.6 Å². The normalized spacial score (nSPS) is 16.9. The number of benzene rings is 1. The molecule has 2 aromatic rings. The van der Waals surface area contributed by atoms with Gasteiger partial charge >= 0.3 is 0 Å². The molecule has 2 heterocycles. The lowest BCUT2D eigenvalue weighted by molar-refractivity contribution is 0.0931. The van der Waals surface area contributed by atoms with E-state index >= 15 is 0 Å². The highest BCUT2D eigenvalue weighted by molar-refractivity contribution is 6.04. The van der Waals surface area contributed by atoms with Gasteiger partial charge in [0.15, 0.2) is 0 Å². The Hall–Kier alpha value is -1.50. The number of piperidine rings is 1. The van der Waals surface area contributed by atoms with Crippen molar-refractivity contribution >= 4 is 41.8 Å². The maximum Gasteiger partial charge on any atom is 0.253 e. The van der Waals surface area contributed by atoms with Crippen LogP contribution >= 0.6 is 24.8 Å². The molecule has 1 amide bonds. The Labute approximate surface area is 152 Å². The zero-order chi connectivity index (χ0) is 15.7. The first kappa shape index (κ1) is 20.5. The molecule has 1 atom stereocenters. The van der Waals surface area contributed by atoms with Crippen molar-refractivity contribution in [2.24, 2.45) is 0 Å². The Morgan fingerprint density at radius 3 is 2.62 bits per heavy atom. The van der Waals surface area contributed by atoms with E-state index in [1.165, 1.54) is 12.1 Å². The molecule has 24 heavy (non-hydrogen) atoms. The quantitative estimate of drug-likeness (QED) is 0.847. The van der Waals surface area contributed by atoms with Gasteiger partial charge in [0.1, 0.15) is 11.3 Å². The monoisotopic (exact) mass is 374 g/mol. The second-order valence-corrected chi connectivity index (χ2v) is 5.73. The zero-order valence-corrected chi connectivity index (χ0v) is 15.2. The molecule has 0 aliphatic carbocycles. The van der Waals surface area contributed by atoms with E-state index in [1.54, 1.807) is 0 Å². The van der Waals surface area contributed by atoms with Gasteiger partial charge in [0.05, 0.1) is 22.5 Å². The van der Waals surface area contributed by atoms with Crippen molar-refractivity contribution in [1.82, 2.24) is 20.6 Å². The standard InChI is InChI=1S/C16H19FN4O.2ClH/c1-9-10(2)20-15-13(6-11(17)7-14(15)19-9)16(22)21-12-4-3-5-18-8-12;;/h6-7,12,18H,3-5,8H2,1-2H3,(H,21,22);2*1H. The summed E-state index contributed by atoms with van der Waals surface area (Å²) < 4.78 is 13.8. The van der Waals surface area contributed by atoms with E-state index in [1.807, 2.05) is 13.8 Å². The minimum atomic E-state index is -0.475. The molecule has 0 radical (unpaired) electrons. The molecule has 0 bridgehead atoms. The molecule has 1 aromatic carbocycles. The summed E-state index contributed by atoms with van der Waals surface area (Å²) in [5, 5.41) is 6.19. The van der Waals surface area contributed by atoms with Crippen LogP contribution in [0.15, 0.2) is 12.1 Å². The van der Waals surface area contributed by atoms with Gasteiger partial charge in [-0.1, -0.05) is 0 Å². The maximum absolute atomic E-state index is 13.8. The fourth-order valence-corrected chi connectivity index (χ4v) is 2.71. The smallest absolute Gasteiger partial charge is 0.253 e. The Balaban J connectivity index is 0.00000144. The molecule has 0 spiro atoms. The molecular weight excluding hydrogens is 354 g/mol. The van der Waals surface area contributed by atoms with Crippen LogP contribution in [0.2, 0.25) is 0 Å². The van der Waals surface area contributed by atoms with E-state index in [-0.39, 0.29) is 42.3 Å². The van der Waals surface area contributed by atoms with Crippen LogP contribution in [0, 0.1) is 19.7 Å². The Morgan fingerprint density at radius 2 is 1.96 bits per heavy atom. The van der Waals surface area contributed by atoms with Gasteiger partial charge in [0.2, 0.25) is 0 Å². The van der Waals surface area contributed by atoms with E-state index in [4.69, 9.17) is 0 Å². The summed E-state index contributed by atoms with van der Waals surface area (Å²) in [6.45, 7) is 5.36. The highest BCUT2D eigenvalue weighted by Crippen LogP contribution is 2.19. The van der Waals surface area contributed by atoms with Gasteiger partial charge in [0, 0.05) is 18.7 Å². The number of hydrogen-bond acceptors (Lipinski definition) is 4. The van der Waals surface area contributed by atoms with E-state index in [2.05, 4.69) is 20.6 Å². The number of nitrogens with zero attached hydrogens (tertiary/aromatic N) is 2. The molecule has 3 rings (SSSR count).